The van der Waals surface area contributed by atoms with Crippen molar-refractivity contribution in [3.05, 3.63) is 105 Å². The Hall–Kier alpha value is -2.47. The van der Waals surface area contributed by atoms with Crippen LogP contribution in [-0.2, 0) is 28.3 Å². The first-order valence-electron chi connectivity index (χ1n) is 11.0. The van der Waals surface area contributed by atoms with Crippen molar-refractivity contribution in [2.24, 2.45) is 0 Å². The first kappa shape index (κ1) is 26.1. The molecule has 0 aliphatic rings. The number of hydrogen-bond donors (Lipinski definition) is 1. The fourth-order valence-electron chi connectivity index (χ4n) is 3.66. The van der Waals surface area contributed by atoms with Gasteiger partial charge in [0.15, 0.2) is 0 Å². The van der Waals surface area contributed by atoms with E-state index in [0.717, 1.165) is 22.3 Å². The number of nitrogens with one attached hydrogen (secondary N) is 1. The standard InChI is InChI=1S/C27H28Cl2N2O2S/c1-19-8-6-7-11-22(19)16-31(25(27(33)30-2)15-20-9-4-3-5-10-20)26(32)18-34-17-21-12-13-23(28)24(29)14-21/h3-14,25H,15-18H2,1-2H3,(H,30,33)/t25-/m1/s1. The molecule has 0 unspecified atom stereocenters. The second kappa shape index (κ2) is 12.8. The molecule has 3 aromatic carbocycles. The van der Waals surface area contributed by atoms with E-state index < -0.39 is 6.04 Å². The van der Waals surface area contributed by atoms with Crippen molar-refractivity contribution >= 4 is 46.8 Å². The highest BCUT2D eigenvalue weighted by molar-refractivity contribution is 7.99. The Bertz CT molecular complexity index is 1120. The van der Waals surface area contributed by atoms with E-state index in [9.17, 15) is 9.59 Å². The summed E-state index contributed by atoms with van der Waals surface area (Å²) in [6.45, 7) is 2.38. The molecule has 2 amide bonds. The van der Waals surface area contributed by atoms with E-state index in [1.165, 1.54) is 11.8 Å². The number of amides is 2. The van der Waals surface area contributed by atoms with E-state index in [2.05, 4.69) is 5.32 Å². The average Bonchev–Trinajstić information content (AvgIpc) is 2.84. The predicted octanol–water partition coefficient (Wildman–Crippen LogP) is 5.92. The molecule has 0 radical (unpaired) electrons. The van der Waals surface area contributed by atoms with Crippen molar-refractivity contribution in [3.63, 3.8) is 0 Å². The van der Waals surface area contributed by atoms with E-state index in [-0.39, 0.29) is 17.6 Å². The van der Waals surface area contributed by atoms with Crippen LogP contribution in [-0.4, -0.2) is 35.6 Å². The first-order chi connectivity index (χ1) is 16.4. The lowest BCUT2D eigenvalue weighted by Gasteiger charge is -2.31. The highest BCUT2D eigenvalue weighted by Gasteiger charge is 2.30. The number of likely N-dealkylation sites (N-methyl/N-ethyl adjacent to an activating group) is 1. The maximum Gasteiger partial charge on any atom is 0.242 e. The summed E-state index contributed by atoms with van der Waals surface area (Å²) in [4.78, 5) is 28.2. The predicted molar refractivity (Wildman–Crippen MR) is 142 cm³/mol. The fraction of sp³-hybridized carbons (Fsp3) is 0.259. The zero-order valence-corrected chi connectivity index (χ0v) is 21.6. The van der Waals surface area contributed by atoms with Crippen molar-refractivity contribution in [3.8, 4) is 0 Å². The molecule has 178 valence electrons. The molecule has 1 N–H and O–H groups in total. The van der Waals surface area contributed by atoms with Gasteiger partial charge in [-0.2, -0.15) is 0 Å². The Morgan fingerprint density at radius 2 is 1.65 bits per heavy atom. The Kier molecular flexibility index (Phi) is 9.87. The minimum absolute atomic E-state index is 0.0853. The largest absolute Gasteiger partial charge is 0.357 e. The number of carbonyl (C=O) groups excluding carboxylic acids is 2. The molecular weight excluding hydrogens is 487 g/mol. The maximum atomic E-state index is 13.5. The van der Waals surface area contributed by atoms with Crippen molar-refractivity contribution in [1.82, 2.24) is 10.2 Å². The Balaban J connectivity index is 1.81. The molecule has 3 aromatic rings. The van der Waals surface area contributed by atoms with Crippen molar-refractivity contribution in [1.29, 1.82) is 0 Å². The molecule has 0 spiro atoms. The lowest BCUT2D eigenvalue weighted by atomic mass is 10.0. The number of rotatable bonds is 10. The highest BCUT2D eigenvalue weighted by atomic mass is 35.5. The van der Waals surface area contributed by atoms with Gasteiger partial charge >= 0.3 is 0 Å². The topological polar surface area (TPSA) is 49.4 Å². The van der Waals surface area contributed by atoms with Crippen LogP contribution >= 0.6 is 35.0 Å². The number of thioether (sulfide) groups is 1. The monoisotopic (exact) mass is 514 g/mol. The molecule has 0 aliphatic heterocycles. The summed E-state index contributed by atoms with van der Waals surface area (Å²) < 4.78 is 0. The van der Waals surface area contributed by atoms with Gasteiger partial charge in [0.1, 0.15) is 6.04 Å². The van der Waals surface area contributed by atoms with E-state index in [1.54, 1.807) is 18.0 Å². The lowest BCUT2D eigenvalue weighted by Crippen LogP contribution is -2.50. The fourth-order valence-corrected chi connectivity index (χ4v) is 4.84. The summed E-state index contributed by atoms with van der Waals surface area (Å²) in [5.74, 6) is 0.594. The SMILES string of the molecule is CNC(=O)[C@@H](Cc1ccccc1)N(Cc1ccccc1C)C(=O)CSCc1ccc(Cl)c(Cl)c1. The first-order valence-corrected chi connectivity index (χ1v) is 12.9. The third-order valence-electron chi connectivity index (χ3n) is 5.60. The van der Waals surface area contributed by atoms with Crippen LogP contribution in [0.5, 0.6) is 0 Å². The number of nitrogens with zero attached hydrogens (tertiary/aromatic N) is 1. The molecule has 0 saturated heterocycles. The van der Waals surface area contributed by atoms with Gasteiger partial charge in [-0.05, 0) is 41.3 Å². The highest BCUT2D eigenvalue weighted by Crippen LogP contribution is 2.25. The van der Waals surface area contributed by atoms with Crippen LogP contribution in [0.15, 0.2) is 72.8 Å². The van der Waals surface area contributed by atoms with Crippen LogP contribution in [0.1, 0.15) is 22.3 Å². The summed E-state index contributed by atoms with van der Waals surface area (Å²) in [6, 6.07) is 22.6. The molecule has 0 aromatic heterocycles. The van der Waals surface area contributed by atoms with Crippen molar-refractivity contribution in [2.75, 3.05) is 12.8 Å². The van der Waals surface area contributed by atoms with Crippen LogP contribution < -0.4 is 5.32 Å². The third-order valence-corrected chi connectivity index (χ3v) is 7.33. The molecular formula is C27H28Cl2N2O2S. The molecule has 1 atom stereocenters. The Labute approximate surface area is 215 Å². The summed E-state index contributed by atoms with van der Waals surface area (Å²) in [6.07, 6.45) is 0.440. The molecule has 3 rings (SSSR count). The Morgan fingerprint density at radius 3 is 2.32 bits per heavy atom. The van der Waals surface area contributed by atoms with Crippen molar-refractivity contribution < 1.29 is 9.59 Å². The van der Waals surface area contributed by atoms with Gasteiger partial charge in [-0.3, -0.25) is 9.59 Å². The molecule has 4 nitrogen and oxygen atoms in total. The van der Waals surface area contributed by atoms with Crippen LogP contribution in [0.4, 0.5) is 0 Å². The number of halogens is 2. The molecule has 34 heavy (non-hydrogen) atoms. The van der Waals surface area contributed by atoms with Gasteiger partial charge in [0.2, 0.25) is 11.8 Å². The molecule has 0 saturated carbocycles. The molecule has 7 heteroatoms. The number of carbonyl (C=O) groups is 2. The van der Waals surface area contributed by atoms with Gasteiger partial charge in [0.05, 0.1) is 15.8 Å². The summed E-state index contributed by atoms with van der Waals surface area (Å²) >= 11 is 13.6. The third kappa shape index (κ3) is 7.26. The van der Waals surface area contributed by atoms with Crippen LogP contribution in [0, 0.1) is 6.92 Å². The quantitative estimate of drug-likeness (QED) is 0.365. The summed E-state index contributed by atoms with van der Waals surface area (Å²) in [5.41, 5.74) is 4.10. The van der Waals surface area contributed by atoms with Gasteiger partial charge in [0.25, 0.3) is 0 Å². The van der Waals surface area contributed by atoms with Gasteiger partial charge in [-0.1, -0.05) is 83.9 Å². The van der Waals surface area contributed by atoms with Gasteiger partial charge < -0.3 is 10.2 Å². The molecule has 0 heterocycles. The molecule has 0 aliphatic carbocycles. The molecule has 0 bridgehead atoms. The van der Waals surface area contributed by atoms with Gasteiger partial charge in [-0.15, -0.1) is 11.8 Å². The second-order valence-corrected chi connectivity index (χ2v) is 9.81. The minimum atomic E-state index is -0.620. The Morgan fingerprint density at radius 1 is 0.941 bits per heavy atom. The summed E-state index contributed by atoms with van der Waals surface area (Å²) in [5, 5.41) is 3.75. The van der Waals surface area contributed by atoms with Crippen molar-refractivity contribution in [2.45, 2.75) is 31.7 Å². The normalized spacial score (nSPS) is 11.6. The zero-order valence-electron chi connectivity index (χ0n) is 19.3. The minimum Gasteiger partial charge on any atom is -0.357 e. The lowest BCUT2D eigenvalue weighted by molar-refractivity contribution is -0.139. The zero-order chi connectivity index (χ0) is 24.5. The number of aryl methyl sites for hydroxylation is 1. The number of hydrogen-bond acceptors (Lipinski definition) is 3. The van der Waals surface area contributed by atoms with Gasteiger partial charge in [0, 0.05) is 25.8 Å². The van der Waals surface area contributed by atoms with E-state index in [1.807, 2.05) is 73.7 Å². The van der Waals surface area contributed by atoms with Gasteiger partial charge in [-0.25, -0.2) is 0 Å². The van der Waals surface area contributed by atoms with E-state index >= 15 is 0 Å². The maximum absolute atomic E-state index is 13.5. The van der Waals surface area contributed by atoms with Crippen LogP contribution in [0.25, 0.3) is 0 Å². The average molecular weight is 516 g/mol. The van der Waals surface area contributed by atoms with E-state index in [4.69, 9.17) is 23.2 Å². The molecule has 0 fully saturated rings. The van der Waals surface area contributed by atoms with Crippen LogP contribution in [0.2, 0.25) is 10.0 Å². The van der Waals surface area contributed by atoms with Crippen LogP contribution in [0.3, 0.4) is 0 Å². The summed E-state index contributed by atoms with van der Waals surface area (Å²) in [7, 11) is 1.61. The smallest absolute Gasteiger partial charge is 0.242 e. The second-order valence-electron chi connectivity index (χ2n) is 8.01. The van der Waals surface area contributed by atoms with E-state index in [0.29, 0.717) is 28.8 Å². The number of benzene rings is 3.